The fraction of sp³-hybridized carbons (Fsp3) is 0.308. The largest absolute Gasteiger partial charge is 0.270 e. The molecule has 0 aliphatic heterocycles. The van der Waals surface area contributed by atoms with Gasteiger partial charge in [0.1, 0.15) is 5.82 Å². The molecule has 4 nitrogen and oxygen atoms in total. The maximum Gasteiger partial charge on any atom is 0.184 e. The monoisotopic (exact) mass is 282 g/mol. The summed E-state index contributed by atoms with van der Waals surface area (Å²) in [5.74, 6) is -0.638. The van der Waals surface area contributed by atoms with Gasteiger partial charge >= 0.3 is 0 Å². The number of hydrogen-bond donors (Lipinski definition) is 0. The van der Waals surface area contributed by atoms with E-state index in [1.807, 2.05) is 13.8 Å². The van der Waals surface area contributed by atoms with Crippen LogP contribution < -0.4 is 0 Å². The lowest BCUT2D eigenvalue weighted by atomic mass is 10.4. The van der Waals surface area contributed by atoms with Crippen LogP contribution in [0, 0.1) is 5.82 Å². The number of nitrogens with zero attached hydrogens (tertiary/aromatic N) is 2. The lowest BCUT2D eigenvalue weighted by molar-refractivity contribution is 0.527. The van der Waals surface area contributed by atoms with Crippen molar-refractivity contribution in [2.75, 3.05) is 0 Å². The Morgan fingerprint density at radius 3 is 2.37 bits per heavy atom. The molecule has 0 radical (unpaired) electrons. The summed E-state index contributed by atoms with van der Waals surface area (Å²) in [5.41, 5.74) is 0.484. The number of hydrogen-bond acceptors (Lipinski definition) is 3. The van der Waals surface area contributed by atoms with E-state index in [0.29, 0.717) is 5.69 Å². The summed E-state index contributed by atoms with van der Waals surface area (Å²) in [6, 6.07) is 6.68. The van der Waals surface area contributed by atoms with E-state index in [-0.39, 0.29) is 16.7 Å². The van der Waals surface area contributed by atoms with Gasteiger partial charge in [-0.1, -0.05) is 0 Å². The molecule has 0 amide bonds. The third-order valence-electron chi connectivity index (χ3n) is 2.70. The molecule has 0 saturated heterocycles. The summed E-state index contributed by atoms with van der Waals surface area (Å²) < 4.78 is 38.7. The Hall–Kier alpha value is -1.69. The van der Waals surface area contributed by atoms with E-state index in [4.69, 9.17) is 0 Å². The highest BCUT2D eigenvalue weighted by atomic mass is 32.2. The minimum Gasteiger partial charge on any atom is -0.270 e. The molecule has 0 bridgehead atoms. The Kier molecular flexibility index (Phi) is 3.71. The summed E-state index contributed by atoms with van der Waals surface area (Å²) in [7, 11) is -3.48. The zero-order valence-corrected chi connectivity index (χ0v) is 11.6. The zero-order valence-electron chi connectivity index (χ0n) is 10.7. The van der Waals surface area contributed by atoms with Gasteiger partial charge in [0.2, 0.25) is 0 Å². The molecule has 1 aromatic heterocycles. The molecule has 1 heterocycles. The minimum atomic E-state index is -3.48. The lowest BCUT2D eigenvalue weighted by Crippen LogP contribution is -2.07. The summed E-state index contributed by atoms with van der Waals surface area (Å²) in [6.07, 6.45) is 1.75. The SMILES string of the molecule is CC(C)n1ccc(CS(=O)(=O)c2ccc(F)cc2)n1. The number of rotatable bonds is 4. The van der Waals surface area contributed by atoms with Crippen molar-refractivity contribution in [1.29, 1.82) is 0 Å². The van der Waals surface area contributed by atoms with Crippen LogP contribution in [0.25, 0.3) is 0 Å². The Morgan fingerprint density at radius 2 is 1.84 bits per heavy atom. The average molecular weight is 282 g/mol. The molecule has 102 valence electrons. The van der Waals surface area contributed by atoms with Crippen molar-refractivity contribution in [2.24, 2.45) is 0 Å². The Morgan fingerprint density at radius 1 is 1.21 bits per heavy atom. The van der Waals surface area contributed by atoms with Gasteiger partial charge in [0.25, 0.3) is 0 Å². The van der Waals surface area contributed by atoms with E-state index >= 15 is 0 Å². The van der Waals surface area contributed by atoms with Gasteiger partial charge in [-0.2, -0.15) is 5.10 Å². The van der Waals surface area contributed by atoms with E-state index in [1.165, 1.54) is 12.1 Å². The second-order valence-electron chi connectivity index (χ2n) is 4.59. The first-order valence-electron chi connectivity index (χ1n) is 5.91. The van der Waals surface area contributed by atoms with Crippen molar-refractivity contribution in [2.45, 2.75) is 30.5 Å². The molecule has 0 spiro atoms. The van der Waals surface area contributed by atoms with Gasteiger partial charge in [-0.25, -0.2) is 12.8 Å². The summed E-state index contributed by atoms with van der Waals surface area (Å²) in [6.45, 7) is 3.93. The van der Waals surface area contributed by atoms with Crippen LogP contribution in [-0.4, -0.2) is 18.2 Å². The van der Waals surface area contributed by atoms with Crippen LogP contribution in [0.2, 0.25) is 0 Å². The van der Waals surface area contributed by atoms with Crippen LogP contribution in [0.5, 0.6) is 0 Å². The van der Waals surface area contributed by atoms with Gasteiger partial charge in [0.05, 0.1) is 16.3 Å². The van der Waals surface area contributed by atoms with Gasteiger partial charge < -0.3 is 0 Å². The second-order valence-corrected chi connectivity index (χ2v) is 6.58. The second kappa shape index (κ2) is 5.13. The normalized spacial score (nSPS) is 12.0. The van der Waals surface area contributed by atoms with Gasteiger partial charge in [0, 0.05) is 12.2 Å². The van der Waals surface area contributed by atoms with Crippen LogP contribution in [0.3, 0.4) is 0 Å². The highest BCUT2D eigenvalue weighted by Crippen LogP contribution is 2.16. The first-order chi connectivity index (χ1) is 8.88. The van der Waals surface area contributed by atoms with Gasteiger partial charge in [-0.3, -0.25) is 4.68 Å². The first-order valence-corrected chi connectivity index (χ1v) is 7.56. The quantitative estimate of drug-likeness (QED) is 0.810. The molecule has 2 aromatic rings. The van der Waals surface area contributed by atoms with Crippen molar-refractivity contribution >= 4 is 9.84 Å². The van der Waals surface area contributed by atoms with E-state index in [2.05, 4.69) is 5.10 Å². The number of halogens is 1. The van der Waals surface area contributed by atoms with E-state index < -0.39 is 15.7 Å². The van der Waals surface area contributed by atoms with Crippen molar-refractivity contribution in [3.05, 3.63) is 48.0 Å². The fourth-order valence-corrected chi connectivity index (χ4v) is 2.92. The summed E-state index contributed by atoms with van der Waals surface area (Å²) >= 11 is 0. The molecule has 0 aliphatic rings. The summed E-state index contributed by atoms with van der Waals surface area (Å²) in [4.78, 5) is 0.105. The van der Waals surface area contributed by atoms with Crippen molar-refractivity contribution < 1.29 is 12.8 Å². The maximum atomic E-state index is 12.8. The third kappa shape index (κ3) is 3.20. The Labute approximate surface area is 111 Å². The lowest BCUT2D eigenvalue weighted by Gasteiger charge is -2.04. The topological polar surface area (TPSA) is 52.0 Å². The molecule has 6 heteroatoms. The maximum absolute atomic E-state index is 12.8. The van der Waals surface area contributed by atoms with E-state index in [0.717, 1.165) is 12.1 Å². The van der Waals surface area contributed by atoms with Crippen LogP contribution in [0.4, 0.5) is 4.39 Å². The first kappa shape index (κ1) is 13.7. The van der Waals surface area contributed by atoms with Gasteiger partial charge in [-0.05, 0) is 44.2 Å². The fourth-order valence-electron chi connectivity index (χ4n) is 1.66. The molecule has 0 unspecified atom stereocenters. The standard InChI is InChI=1S/C13H15FN2O2S/c1-10(2)16-8-7-12(15-16)9-19(17,18)13-5-3-11(14)4-6-13/h3-8,10H,9H2,1-2H3. The molecule has 0 aliphatic carbocycles. The van der Waals surface area contributed by atoms with E-state index in [9.17, 15) is 12.8 Å². The van der Waals surface area contributed by atoms with Crippen LogP contribution in [0.1, 0.15) is 25.6 Å². The average Bonchev–Trinajstić information content (AvgIpc) is 2.77. The highest BCUT2D eigenvalue weighted by molar-refractivity contribution is 7.90. The van der Waals surface area contributed by atoms with Crippen molar-refractivity contribution in [3.8, 4) is 0 Å². The summed E-state index contributed by atoms with van der Waals surface area (Å²) in [5, 5.41) is 4.20. The molecule has 0 N–H and O–H groups in total. The molecule has 0 saturated carbocycles. The Balaban J connectivity index is 2.23. The molecule has 19 heavy (non-hydrogen) atoms. The highest BCUT2D eigenvalue weighted by Gasteiger charge is 2.17. The zero-order chi connectivity index (χ0) is 14.0. The third-order valence-corrected chi connectivity index (χ3v) is 4.37. The molecule has 0 atom stereocenters. The number of benzene rings is 1. The van der Waals surface area contributed by atoms with Crippen LogP contribution in [-0.2, 0) is 15.6 Å². The predicted molar refractivity (Wildman–Crippen MR) is 69.9 cm³/mol. The van der Waals surface area contributed by atoms with Gasteiger partial charge in [-0.15, -0.1) is 0 Å². The predicted octanol–water partition coefficient (Wildman–Crippen LogP) is 2.58. The molecular weight excluding hydrogens is 267 g/mol. The minimum absolute atomic E-state index is 0.105. The number of sulfone groups is 1. The smallest absolute Gasteiger partial charge is 0.184 e. The van der Waals surface area contributed by atoms with Crippen molar-refractivity contribution in [1.82, 2.24) is 9.78 Å². The molecule has 1 aromatic carbocycles. The van der Waals surface area contributed by atoms with Crippen LogP contribution >= 0.6 is 0 Å². The Bertz CT molecular complexity index is 660. The number of aromatic nitrogens is 2. The van der Waals surface area contributed by atoms with E-state index in [1.54, 1.807) is 16.9 Å². The molecule has 2 rings (SSSR count). The van der Waals surface area contributed by atoms with Crippen molar-refractivity contribution in [3.63, 3.8) is 0 Å². The molecule has 0 fully saturated rings. The van der Waals surface area contributed by atoms with Gasteiger partial charge in [0.15, 0.2) is 9.84 Å². The van der Waals surface area contributed by atoms with Crippen LogP contribution in [0.15, 0.2) is 41.4 Å². The molecular formula is C13H15FN2O2S.